The van der Waals surface area contributed by atoms with E-state index in [1.807, 2.05) is 36.7 Å². The van der Waals surface area contributed by atoms with Crippen molar-refractivity contribution in [1.82, 2.24) is 4.98 Å². The van der Waals surface area contributed by atoms with Crippen LogP contribution in [0.2, 0.25) is 0 Å². The second-order valence-electron chi connectivity index (χ2n) is 10.8. The van der Waals surface area contributed by atoms with Crippen molar-refractivity contribution in [2.45, 2.75) is 84.4 Å². The van der Waals surface area contributed by atoms with E-state index in [1.165, 1.54) is 32.1 Å². The lowest BCUT2D eigenvalue weighted by atomic mass is 9.62. The minimum absolute atomic E-state index is 0.296. The van der Waals surface area contributed by atoms with E-state index in [0.29, 0.717) is 35.1 Å². The second kappa shape index (κ2) is 8.22. The summed E-state index contributed by atoms with van der Waals surface area (Å²) in [6, 6.07) is 10.2. The van der Waals surface area contributed by atoms with Crippen LogP contribution in [0, 0.1) is 26.1 Å². The van der Waals surface area contributed by atoms with Crippen molar-refractivity contribution in [3.63, 3.8) is 0 Å². The highest BCUT2D eigenvalue weighted by Gasteiger charge is 2.37. The minimum atomic E-state index is -2.29. The molecule has 2 aliphatic rings. The van der Waals surface area contributed by atoms with Gasteiger partial charge >= 0.3 is 0 Å². The van der Waals surface area contributed by atoms with Crippen LogP contribution in [0.1, 0.15) is 91.5 Å². The molecule has 0 atom stereocenters. The maximum absolute atomic E-state index is 9.65. The third kappa shape index (κ3) is 3.56. The van der Waals surface area contributed by atoms with Gasteiger partial charge in [0.05, 0.1) is 5.56 Å². The Balaban J connectivity index is 1.52. The number of fused-ring (bicyclic) bond motifs is 3. The number of aromatic nitrogens is 2. The first-order valence-electron chi connectivity index (χ1n) is 14.8. The molecular weight excluding hydrogens is 416 g/mol. The number of furan rings is 1. The van der Waals surface area contributed by atoms with Crippen LogP contribution in [0.3, 0.4) is 0 Å². The fourth-order valence-electron chi connectivity index (χ4n) is 6.57. The Labute approximate surface area is 208 Å². The molecule has 2 fully saturated rings. The average molecular weight is 458 g/mol. The highest BCUT2D eigenvalue weighted by atomic mass is 16.3. The summed E-state index contributed by atoms with van der Waals surface area (Å²) in [5.74, 6) is -0.913. The molecule has 0 unspecified atom stereocenters. The van der Waals surface area contributed by atoms with Crippen LogP contribution in [-0.2, 0) is 7.05 Å². The standard InChI is InChI=1S/C31H37N2O/c1-20-8-10-24-25-11-9-22(3)32-30(25)34-29(24)28(20)27-18-26(21(2)19-33(27)4)23-12-16-31(17-13-23)14-6-5-7-15-31/h8-11,18-19,23H,5-7,12-17H2,1-4H3/q+1/i2D3,23D. The van der Waals surface area contributed by atoms with E-state index in [-0.39, 0.29) is 0 Å². The van der Waals surface area contributed by atoms with Crippen LogP contribution in [-0.4, -0.2) is 4.98 Å². The van der Waals surface area contributed by atoms with E-state index in [2.05, 4.69) is 24.0 Å². The molecule has 0 aliphatic heterocycles. The molecule has 2 aliphatic carbocycles. The lowest BCUT2D eigenvalue weighted by Gasteiger charge is -2.43. The molecule has 3 heterocycles. The third-order valence-electron chi connectivity index (χ3n) is 8.59. The predicted molar refractivity (Wildman–Crippen MR) is 139 cm³/mol. The third-order valence-corrected chi connectivity index (χ3v) is 8.59. The lowest BCUT2D eigenvalue weighted by molar-refractivity contribution is -0.660. The van der Waals surface area contributed by atoms with Crippen molar-refractivity contribution < 1.29 is 14.5 Å². The van der Waals surface area contributed by atoms with Crippen molar-refractivity contribution in [2.75, 3.05) is 0 Å². The number of hydrogen-bond acceptors (Lipinski definition) is 2. The summed E-state index contributed by atoms with van der Waals surface area (Å²) in [5, 5.41) is 1.96. The van der Waals surface area contributed by atoms with Crippen molar-refractivity contribution in [3.05, 3.63) is 58.9 Å². The topological polar surface area (TPSA) is 29.9 Å². The summed E-state index contributed by atoms with van der Waals surface area (Å²) in [6.45, 7) is 1.72. The fourth-order valence-corrected chi connectivity index (χ4v) is 6.57. The van der Waals surface area contributed by atoms with Gasteiger partial charge < -0.3 is 4.42 Å². The van der Waals surface area contributed by atoms with Gasteiger partial charge in [0.25, 0.3) is 0 Å². The van der Waals surface area contributed by atoms with Crippen LogP contribution < -0.4 is 4.57 Å². The minimum Gasteiger partial charge on any atom is -0.437 e. The molecule has 0 radical (unpaired) electrons. The first-order valence-corrected chi connectivity index (χ1v) is 12.8. The maximum atomic E-state index is 9.65. The molecule has 0 N–H and O–H groups in total. The Kier molecular flexibility index (Phi) is 4.28. The fraction of sp³-hybridized carbons (Fsp3) is 0.484. The average Bonchev–Trinajstić information content (AvgIpc) is 3.23. The van der Waals surface area contributed by atoms with E-state index >= 15 is 0 Å². The molecule has 0 saturated heterocycles. The van der Waals surface area contributed by atoms with Gasteiger partial charge in [0.1, 0.15) is 7.05 Å². The summed E-state index contributed by atoms with van der Waals surface area (Å²) >= 11 is 0. The van der Waals surface area contributed by atoms with Gasteiger partial charge in [-0.05, 0) is 93.8 Å². The molecule has 0 bridgehead atoms. The molecule has 34 heavy (non-hydrogen) atoms. The maximum Gasteiger partial charge on any atom is 0.227 e. The Morgan fingerprint density at radius 2 is 1.76 bits per heavy atom. The summed E-state index contributed by atoms with van der Waals surface area (Å²) in [4.78, 5) is 4.61. The van der Waals surface area contributed by atoms with Gasteiger partial charge in [0.2, 0.25) is 11.4 Å². The van der Waals surface area contributed by atoms with Crippen LogP contribution in [0.25, 0.3) is 33.3 Å². The van der Waals surface area contributed by atoms with Gasteiger partial charge in [-0.15, -0.1) is 0 Å². The largest absolute Gasteiger partial charge is 0.437 e. The predicted octanol–water partition coefficient (Wildman–Crippen LogP) is 8.01. The van der Waals surface area contributed by atoms with Gasteiger partial charge in [-0.1, -0.05) is 31.4 Å². The summed E-state index contributed by atoms with van der Waals surface area (Å²) in [5.41, 5.74) is 6.41. The van der Waals surface area contributed by atoms with Crippen molar-refractivity contribution in [2.24, 2.45) is 12.5 Å². The molecule has 3 nitrogen and oxygen atoms in total. The first-order chi connectivity index (χ1) is 18.0. The van der Waals surface area contributed by atoms with Gasteiger partial charge in [-0.2, -0.15) is 0 Å². The second-order valence-corrected chi connectivity index (χ2v) is 10.8. The molecule has 3 heteroatoms. The van der Waals surface area contributed by atoms with Crippen LogP contribution in [0.5, 0.6) is 0 Å². The van der Waals surface area contributed by atoms with Crippen LogP contribution in [0.4, 0.5) is 0 Å². The highest BCUT2D eigenvalue weighted by Crippen LogP contribution is 2.51. The van der Waals surface area contributed by atoms with Crippen LogP contribution >= 0.6 is 0 Å². The molecule has 2 saturated carbocycles. The number of rotatable bonds is 2. The van der Waals surface area contributed by atoms with Gasteiger partial charge in [-0.25, -0.2) is 9.55 Å². The normalized spacial score (nSPS) is 21.9. The van der Waals surface area contributed by atoms with Crippen molar-refractivity contribution in [3.8, 4) is 11.3 Å². The van der Waals surface area contributed by atoms with Crippen molar-refractivity contribution in [1.29, 1.82) is 0 Å². The zero-order valence-corrected chi connectivity index (χ0v) is 20.6. The van der Waals surface area contributed by atoms with Gasteiger partial charge in [-0.3, -0.25) is 0 Å². The van der Waals surface area contributed by atoms with Gasteiger partial charge in [0, 0.05) is 33.6 Å². The molecular formula is C31H37N2O+. The highest BCUT2D eigenvalue weighted by molar-refractivity contribution is 6.08. The Bertz CT molecular complexity index is 1540. The van der Waals surface area contributed by atoms with E-state index < -0.39 is 12.7 Å². The van der Waals surface area contributed by atoms with E-state index in [1.54, 1.807) is 6.20 Å². The monoisotopic (exact) mass is 457 g/mol. The van der Waals surface area contributed by atoms with Crippen molar-refractivity contribution >= 4 is 22.1 Å². The number of hydrogen-bond donors (Lipinski definition) is 0. The molecule has 3 aromatic heterocycles. The van der Waals surface area contributed by atoms with E-state index in [9.17, 15) is 1.37 Å². The number of pyridine rings is 2. The van der Waals surface area contributed by atoms with E-state index in [4.69, 9.17) is 8.53 Å². The van der Waals surface area contributed by atoms with E-state index in [0.717, 1.165) is 51.7 Å². The molecule has 1 spiro atoms. The molecule has 4 aromatic rings. The molecule has 6 rings (SSSR count). The summed E-state index contributed by atoms with van der Waals surface area (Å²) in [7, 11) is 1.90. The smallest absolute Gasteiger partial charge is 0.227 e. The molecule has 0 amide bonds. The molecule has 1 aromatic carbocycles. The molecule has 176 valence electrons. The Morgan fingerprint density at radius 3 is 2.53 bits per heavy atom. The summed E-state index contributed by atoms with van der Waals surface area (Å²) < 4.78 is 43.0. The van der Waals surface area contributed by atoms with Crippen LogP contribution in [0.15, 0.2) is 40.9 Å². The summed E-state index contributed by atoms with van der Waals surface area (Å²) in [6.07, 6.45) is 11.6. The zero-order chi connectivity index (χ0) is 26.9. The first kappa shape index (κ1) is 17.7. The number of benzene rings is 1. The quantitative estimate of drug-likeness (QED) is 0.285. The Hall–Kier alpha value is -2.68. The zero-order valence-electron chi connectivity index (χ0n) is 24.6. The number of aryl methyl sites for hydroxylation is 4. The lowest BCUT2D eigenvalue weighted by Crippen LogP contribution is -2.33. The number of nitrogens with zero attached hydrogens (tertiary/aromatic N) is 2. The SMILES string of the molecule is [2H]C([2H])([2H])c1c[n+](C)c(-c2c(C)ccc3c2oc2nc(C)ccc23)cc1C1([2H])CCC2(CCCCC2)CC1. The van der Waals surface area contributed by atoms with Gasteiger partial charge in [0.15, 0.2) is 11.8 Å². The Morgan fingerprint density at radius 1 is 1.00 bits per heavy atom.